The second kappa shape index (κ2) is 7.62. The Hall–Kier alpha value is -2.46. The molecule has 2 aromatic carbocycles. The number of aromatic nitrogens is 2. The Morgan fingerprint density at radius 3 is 2.40 bits per heavy atom. The second-order valence-electron chi connectivity index (χ2n) is 6.04. The maximum absolute atomic E-state index is 13.5. The molecule has 4 rings (SSSR count). The topological polar surface area (TPSA) is 19.7 Å². The molecule has 25 heavy (non-hydrogen) atoms. The van der Waals surface area contributed by atoms with Gasteiger partial charge in [-0.2, -0.15) is 0 Å². The lowest BCUT2D eigenvalue weighted by Gasteiger charge is -2.01. The van der Waals surface area contributed by atoms with Crippen molar-refractivity contribution in [2.24, 2.45) is 0 Å². The summed E-state index contributed by atoms with van der Waals surface area (Å²) in [7, 11) is 0. The van der Waals surface area contributed by atoms with Crippen LogP contribution < -0.4 is 21.5 Å². The lowest BCUT2D eigenvalue weighted by molar-refractivity contribution is -0.688. The number of nitrogens with zero attached hydrogens (tertiary/aromatic N) is 1. The number of hydrogen-bond donors (Lipinski definition) is 1. The van der Waals surface area contributed by atoms with Gasteiger partial charge in [0, 0.05) is 34.8 Å². The first-order valence-corrected chi connectivity index (χ1v) is 8.05. The molecule has 0 aliphatic heterocycles. The molecule has 0 saturated heterocycles. The zero-order valence-electron chi connectivity index (χ0n) is 13.6. The highest BCUT2D eigenvalue weighted by Crippen LogP contribution is 2.21. The van der Waals surface area contributed by atoms with E-state index in [9.17, 15) is 4.39 Å². The Kier molecular flexibility index (Phi) is 5.29. The largest absolute Gasteiger partial charge is 1.00 e. The maximum Gasteiger partial charge on any atom is 0.173 e. The molecule has 0 unspecified atom stereocenters. The zero-order chi connectivity index (χ0) is 16.4. The molecule has 0 spiro atoms. The first kappa shape index (κ1) is 17.4. The fraction of sp³-hybridized carbons (Fsp3) is 0.0952. The quantitative estimate of drug-likeness (QED) is 0.500. The maximum atomic E-state index is 13.5. The molecular weight excluding hydrogens is 379 g/mol. The third kappa shape index (κ3) is 3.97. The molecule has 0 atom stereocenters. The van der Waals surface area contributed by atoms with Gasteiger partial charge in [0.15, 0.2) is 18.9 Å². The van der Waals surface area contributed by atoms with Crippen molar-refractivity contribution in [3.63, 3.8) is 0 Å². The lowest BCUT2D eigenvalue weighted by Crippen LogP contribution is -3.00. The molecule has 0 bridgehead atoms. The fourth-order valence-corrected chi connectivity index (χ4v) is 3.02. The average molecular weight is 397 g/mol. The highest BCUT2D eigenvalue weighted by molar-refractivity contribution is 5.83. The van der Waals surface area contributed by atoms with Crippen molar-refractivity contribution >= 4 is 10.9 Å². The Morgan fingerprint density at radius 2 is 1.64 bits per heavy atom. The van der Waals surface area contributed by atoms with Crippen molar-refractivity contribution in [2.75, 3.05) is 0 Å². The predicted octanol–water partition coefficient (Wildman–Crippen LogP) is 1.24. The van der Waals surface area contributed by atoms with Crippen LogP contribution in [0.2, 0.25) is 0 Å². The normalized spacial score (nSPS) is 10.6. The van der Waals surface area contributed by atoms with Gasteiger partial charge in [-0.05, 0) is 35.7 Å². The summed E-state index contributed by atoms with van der Waals surface area (Å²) in [5.74, 6) is -0.197. The first-order valence-electron chi connectivity index (χ1n) is 8.05. The monoisotopic (exact) mass is 396 g/mol. The Balaban J connectivity index is 0.00000182. The highest BCUT2D eigenvalue weighted by Gasteiger charge is 2.08. The van der Waals surface area contributed by atoms with Crippen LogP contribution in [0.15, 0.2) is 79.3 Å². The van der Waals surface area contributed by atoms with Gasteiger partial charge < -0.3 is 22.0 Å². The van der Waals surface area contributed by atoms with Crippen LogP contribution in [-0.2, 0) is 13.0 Å². The Labute approximate surface area is 156 Å². The summed E-state index contributed by atoms with van der Waals surface area (Å²) in [4.78, 5) is 3.21. The molecule has 2 aromatic heterocycles. The van der Waals surface area contributed by atoms with Crippen LogP contribution in [0.4, 0.5) is 4.39 Å². The molecule has 126 valence electrons. The smallest absolute Gasteiger partial charge is 0.173 e. The molecule has 4 heteroatoms. The third-order valence-electron chi connectivity index (χ3n) is 4.29. The number of nitrogens with one attached hydrogen (secondary N) is 1. The minimum Gasteiger partial charge on any atom is -1.00 e. The summed E-state index contributed by atoms with van der Waals surface area (Å²) >= 11 is 0. The first-order chi connectivity index (χ1) is 11.8. The standard InChI is InChI=1S/C21H18FN2.BrH/c22-19-6-7-21-20(13-19)18(14-23-21)12-16-8-10-24(11-9-16)15-17-4-2-1-3-5-17;/h1-11,13-14,23H,12,15H2;1H/q+1;/p-1. The fourth-order valence-electron chi connectivity index (χ4n) is 3.02. The van der Waals surface area contributed by atoms with E-state index < -0.39 is 0 Å². The SMILES string of the molecule is Fc1ccc2[nH]cc(Cc3cc[n+](Cc4ccccc4)cc3)c2c1.[Br-]. The van der Waals surface area contributed by atoms with E-state index >= 15 is 0 Å². The van der Waals surface area contributed by atoms with Crippen LogP contribution >= 0.6 is 0 Å². The lowest BCUT2D eigenvalue weighted by atomic mass is 10.1. The average Bonchev–Trinajstić information content (AvgIpc) is 3.00. The van der Waals surface area contributed by atoms with Crippen LogP contribution in [0.3, 0.4) is 0 Å². The number of halogens is 2. The van der Waals surface area contributed by atoms with E-state index in [2.05, 4.69) is 58.3 Å². The molecule has 2 heterocycles. The molecule has 4 aromatic rings. The molecular formula is C21H18BrFN2. The van der Waals surface area contributed by atoms with Gasteiger partial charge in [-0.25, -0.2) is 8.96 Å². The second-order valence-corrected chi connectivity index (χ2v) is 6.04. The summed E-state index contributed by atoms with van der Waals surface area (Å²) in [6, 6.07) is 19.5. The van der Waals surface area contributed by atoms with Crippen molar-refractivity contribution in [3.05, 3.63) is 102 Å². The molecule has 0 fully saturated rings. The van der Waals surface area contributed by atoms with Crippen molar-refractivity contribution in [1.82, 2.24) is 4.98 Å². The van der Waals surface area contributed by atoms with Crippen molar-refractivity contribution in [1.29, 1.82) is 0 Å². The number of rotatable bonds is 4. The van der Waals surface area contributed by atoms with E-state index in [1.807, 2.05) is 12.3 Å². The van der Waals surface area contributed by atoms with Gasteiger partial charge in [0.05, 0.1) is 0 Å². The van der Waals surface area contributed by atoms with Crippen LogP contribution in [-0.4, -0.2) is 4.98 Å². The molecule has 0 amide bonds. The molecule has 0 radical (unpaired) electrons. The van der Waals surface area contributed by atoms with E-state index in [0.29, 0.717) is 0 Å². The Bertz CT molecular complexity index is 962. The third-order valence-corrected chi connectivity index (χ3v) is 4.29. The van der Waals surface area contributed by atoms with E-state index in [4.69, 9.17) is 0 Å². The van der Waals surface area contributed by atoms with Crippen LogP contribution in [0, 0.1) is 5.82 Å². The summed E-state index contributed by atoms with van der Waals surface area (Å²) in [6.45, 7) is 0.861. The van der Waals surface area contributed by atoms with Gasteiger partial charge >= 0.3 is 0 Å². The van der Waals surface area contributed by atoms with Crippen LogP contribution in [0.5, 0.6) is 0 Å². The molecule has 2 nitrogen and oxygen atoms in total. The van der Waals surface area contributed by atoms with Crippen molar-refractivity contribution in [3.8, 4) is 0 Å². The molecule has 1 N–H and O–H groups in total. The number of benzene rings is 2. The number of H-pyrrole nitrogens is 1. The van der Waals surface area contributed by atoms with E-state index in [1.54, 1.807) is 12.1 Å². The predicted molar refractivity (Wildman–Crippen MR) is 93.2 cm³/mol. The number of pyridine rings is 1. The Morgan fingerprint density at radius 1 is 0.880 bits per heavy atom. The van der Waals surface area contributed by atoms with Gasteiger partial charge in [0.2, 0.25) is 0 Å². The molecule has 0 saturated carbocycles. The molecule has 0 aliphatic carbocycles. The van der Waals surface area contributed by atoms with Crippen LogP contribution in [0.25, 0.3) is 10.9 Å². The number of fused-ring (bicyclic) bond motifs is 1. The van der Waals surface area contributed by atoms with E-state index in [0.717, 1.165) is 29.4 Å². The highest BCUT2D eigenvalue weighted by atomic mass is 79.9. The van der Waals surface area contributed by atoms with Crippen molar-refractivity contribution in [2.45, 2.75) is 13.0 Å². The molecule has 0 aliphatic rings. The summed E-state index contributed by atoms with van der Waals surface area (Å²) in [5, 5.41) is 0.955. The van der Waals surface area contributed by atoms with Crippen LogP contribution in [0.1, 0.15) is 16.7 Å². The van der Waals surface area contributed by atoms with Gasteiger partial charge in [-0.3, -0.25) is 0 Å². The summed E-state index contributed by atoms with van der Waals surface area (Å²) in [6.07, 6.45) is 6.94. The van der Waals surface area contributed by atoms with Gasteiger partial charge in [-0.15, -0.1) is 0 Å². The van der Waals surface area contributed by atoms with Gasteiger partial charge in [0.25, 0.3) is 0 Å². The van der Waals surface area contributed by atoms with Gasteiger partial charge in [-0.1, -0.05) is 30.3 Å². The summed E-state index contributed by atoms with van der Waals surface area (Å²) < 4.78 is 15.6. The number of hydrogen-bond acceptors (Lipinski definition) is 0. The summed E-state index contributed by atoms with van der Waals surface area (Å²) in [5.41, 5.74) is 4.58. The minimum absolute atomic E-state index is 0. The minimum atomic E-state index is -0.197. The number of aromatic amines is 1. The van der Waals surface area contributed by atoms with E-state index in [1.165, 1.54) is 17.2 Å². The zero-order valence-corrected chi connectivity index (χ0v) is 15.2. The van der Waals surface area contributed by atoms with E-state index in [-0.39, 0.29) is 22.8 Å². The van der Waals surface area contributed by atoms with Gasteiger partial charge in [0.1, 0.15) is 5.82 Å². The van der Waals surface area contributed by atoms with Crippen molar-refractivity contribution < 1.29 is 25.9 Å².